The number of hydrogen-bond acceptors (Lipinski definition) is 5. The van der Waals surface area contributed by atoms with Crippen LogP contribution in [0.15, 0.2) is 46.0 Å². The molecule has 0 unspecified atom stereocenters. The van der Waals surface area contributed by atoms with Gasteiger partial charge in [0.2, 0.25) is 5.91 Å². The number of alkyl halides is 2. The molecule has 6 nitrogen and oxygen atoms in total. The van der Waals surface area contributed by atoms with E-state index in [1.807, 2.05) is 0 Å². The number of carbonyl (C=O) groups excluding carboxylic acids is 1. The largest absolute Gasteiger partial charge is 0.350 e. The zero-order chi connectivity index (χ0) is 18.5. The van der Waals surface area contributed by atoms with Crippen molar-refractivity contribution in [2.24, 2.45) is 5.73 Å². The highest BCUT2D eigenvalue weighted by Crippen LogP contribution is 2.20. The van der Waals surface area contributed by atoms with Crippen LogP contribution >= 0.6 is 11.3 Å². The third-order valence-corrected chi connectivity index (χ3v) is 5.95. The molecule has 25 heavy (non-hydrogen) atoms. The SMILES string of the molecule is NCC(F)(F)CNC(=O)Cc1ccc(NS(=O)(=O)c2cccs2)cc1. The van der Waals surface area contributed by atoms with Crippen molar-refractivity contribution in [2.75, 3.05) is 17.8 Å². The normalized spacial score (nSPS) is 12.0. The van der Waals surface area contributed by atoms with Gasteiger partial charge in [-0.2, -0.15) is 0 Å². The van der Waals surface area contributed by atoms with E-state index in [0.29, 0.717) is 11.3 Å². The molecule has 0 saturated carbocycles. The van der Waals surface area contributed by atoms with Gasteiger partial charge < -0.3 is 11.1 Å². The lowest BCUT2D eigenvalue weighted by Crippen LogP contribution is -2.42. The van der Waals surface area contributed by atoms with Gasteiger partial charge in [-0.25, -0.2) is 17.2 Å². The molecule has 0 spiro atoms. The van der Waals surface area contributed by atoms with E-state index < -0.39 is 34.9 Å². The van der Waals surface area contributed by atoms with E-state index in [-0.39, 0.29) is 10.6 Å². The summed E-state index contributed by atoms with van der Waals surface area (Å²) >= 11 is 1.10. The van der Waals surface area contributed by atoms with Gasteiger partial charge in [-0.15, -0.1) is 11.3 Å². The van der Waals surface area contributed by atoms with E-state index in [1.54, 1.807) is 23.6 Å². The van der Waals surface area contributed by atoms with Crippen LogP contribution in [0.3, 0.4) is 0 Å². The first-order chi connectivity index (χ1) is 11.7. The van der Waals surface area contributed by atoms with Crippen molar-refractivity contribution in [3.8, 4) is 0 Å². The van der Waals surface area contributed by atoms with E-state index in [1.165, 1.54) is 18.2 Å². The van der Waals surface area contributed by atoms with Crippen LogP contribution in [0, 0.1) is 0 Å². The molecule has 0 aliphatic rings. The van der Waals surface area contributed by atoms with Gasteiger partial charge in [0.15, 0.2) is 0 Å². The molecule has 0 radical (unpaired) electrons. The summed E-state index contributed by atoms with van der Waals surface area (Å²) in [4.78, 5) is 11.6. The quantitative estimate of drug-likeness (QED) is 0.641. The molecule has 0 saturated heterocycles. The number of nitrogens with one attached hydrogen (secondary N) is 2. The monoisotopic (exact) mass is 389 g/mol. The van der Waals surface area contributed by atoms with Gasteiger partial charge in [0, 0.05) is 5.69 Å². The molecule has 0 aliphatic heterocycles. The Hall–Kier alpha value is -2.04. The minimum absolute atomic E-state index is 0.0986. The lowest BCUT2D eigenvalue weighted by molar-refractivity contribution is -0.122. The Balaban J connectivity index is 1.93. The number of hydrogen-bond donors (Lipinski definition) is 3. The van der Waals surface area contributed by atoms with Gasteiger partial charge in [0.1, 0.15) is 4.21 Å². The fourth-order valence-corrected chi connectivity index (χ4v) is 3.91. The molecule has 136 valence electrons. The molecule has 0 aliphatic carbocycles. The van der Waals surface area contributed by atoms with Crippen LogP contribution in [0.5, 0.6) is 0 Å². The number of sulfonamides is 1. The summed E-state index contributed by atoms with van der Waals surface area (Å²) in [5.74, 6) is -3.71. The molecule has 0 bridgehead atoms. The third kappa shape index (κ3) is 5.76. The lowest BCUT2D eigenvalue weighted by Gasteiger charge is -2.14. The zero-order valence-corrected chi connectivity index (χ0v) is 14.7. The van der Waals surface area contributed by atoms with Crippen LogP contribution in [-0.4, -0.2) is 33.3 Å². The number of halogens is 2. The molecular weight excluding hydrogens is 372 g/mol. The average molecular weight is 389 g/mol. The summed E-state index contributed by atoms with van der Waals surface area (Å²) in [5.41, 5.74) is 5.79. The first-order valence-electron chi connectivity index (χ1n) is 7.22. The highest BCUT2D eigenvalue weighted by Gasteiger charge is 2.27. The molecule has 1 aromatic heterocycles. The van der Waals surface area contributed by atoms with Crippen LogP contribution in [0.25, 0.3) is 0 Å². The maximum Gasteiger partial charge on any atom is 0.277 e. The summed E-state index contributed by atoms with van der Waals surface area (Å²) in [6, 6.07) is 9.22. The predicted octanol–water partition coefficient (Wildman–Crippen LogP) is 1.80. The summed E-state index contributed by atoms with van der Waals surface area (Å²) in [6.07, 6.45) is -0.0986. The average Bonchev–Trinajstić information content (AvgIpc) is 3.10. The fraction of sp³-hybridized carbons (Fsp3) is 0.267. The van der Waals surface area contributed by atoms with Gasteiger partial charge >= 0.3 is 0 Å². The van der Waals surface area contributed by atoms with Crippen molar-refractivity contribution in [3.63, 3.8) is 0 Å². The van der Waals surface area contributed by atoms with Crippen molar-refractivity contribution in [1.29, 1.82) is 0 Å². The number of benzene rings is 1. The minimum Gasteiger partial charge on any atom is -0.350 e. The van der Waals surface area contributed by atoms with Gasteiger partial charge in [-0.3, -0.25) is 9.52 Å². The summed E-state index contributed by atoms with van der Waals surface area (Å²) < 4.78 is 52.7. The van der Waals surface area contributed by atoms with Gasteiger partial charge in [0.05, 0.1) is 19.5 Å². The van der Waals surface area contributed by atoms with Crippen LogP contribution in [0.4, 0.5) is 14.5 Å². The number of thiophene rings is 1. The zero-order valence-electron chi connectivity index (χ0n) is 13.0. The molecular formula is C15H17F2N3O3S2. The van der Waals surface area contributed by atoms with Crippen molar-refractivity contribution in [2.45, 2.75) is 16.6 Å². The van der Waals surface area contributed by atoms with Gasteiger partial charge in [-0.05, 0) is 29.1 Å². The van der Waals surface area contributed by atoms with Crippen LogP contribution in [0.1, 0.15) is 5.56 Å². The minimum atomic E-state index is -3.64. The molecule has 1 heterocycles. The first-order valence-corrected chi connectivity index (χ1v) is 9.58. The second-order valence-electron chi connectivity index (χ2n) is 5.25. The molecule has 10 heteroatoms. The van der Waals surface area contributed by atoms with E-state index >= 15 is 0 Å². The third-order valence-electron chi connectivity index (χ3n) is 3.17. The lowest BCUT2D eigenvalue weighted by atomic mass is 10.1. The van der Waals surface area contributed by atoms with Crippen molar-refractivity contribution >= 4 is 33.0 Å². The number of rotatable bonds is 8. The molecule has 1 amide bonds. The first kappa shape index (κ1) is 19.3. The highest BCUT2D eigenvalue weighted by atomic mass is 32.2. The second kappa shape index (κ2) is 7.89. The molecule has 2 aromatic rings. The molecule has 0 atom stereocenters. The molecule has 0 fully saturated rings. The van der Waals surface area contributed by atoms with Gasteiger partial charge in [0.25, 0.3) is 15.9 Å². The Morgan fingerprint density at radius 2 is 1.88 bits per heavy atom. The Morgan fingerprint density at radius 1 is 1.20 bits per heavy atom. The summed E-state index contributed by atoms with van der Waals surface area (Å²) in [6.45, 7) is -1.66. The summed E-state index contributed by atoms with van der Waals surface area (Å²) in [7, 11) is -3.64. The number of amides is 1. The maximum absolute atomic E-state index is 13.0. The Labute approximate surface area is 148 Å². The molecule has 4 N–H and O–H groups in total. The Morgan fingerprint density at radius 3 is 2.44 bits per heavy atom. The van der Waals surface area contributed by atoms with Crippen molar-refractivity contribution in [3.05, 3.63) is 47.3 Å². The fourth-order valence-electron chi connectivity index (χ4n) is 1.86. The highest BCUT2D eigenvalue weighted by molar-refractivity contribution is 7.94. The van der Waals surface area contributed by atoms with Crippen LogP contribution in [-0.2, 0) is 21.2 Å². The second-order valence-corrected chi connectivity index (χ2v) is 8.11. The Bertz CT molecular complexity index is 807. The molecule has 1 aromatic carbocycles. The molecule has 2 rings (SSSR count). The maximum atomic E-state index is 13.0. The van der Waals surface area contributed by atoms with E-state index in [2.05, 4.69) is 10.0 Å². The van der Waals surface area contributed by atoms with Crippen LogP contribution in [0.2, 0.25) is 0 Å². The van der Waals surface area contributed by atoms with Crippen molar-refractivity contribution in [1.82, 2.24) is 5.32 Å². The Kier molecular flexibility index (Phi) is 6.09. The number of nitrogens with two attached hydrogens (primary N) is 1. The van der Waals surface area contributed by atoms with Crippen LogP contribution < -0.4 is 15.8 Å². The number of carbonyl (C=O) groups is 1. The van der Waals surface area contributed by atoms with E-state index in [4.69, 9.17) is 5.73 Å². The van der Waals surface area contributed by atoms with Crippen molar-refractivity contribution < 1.29 is 22.0 Å². The topological polar surface area (TPSA) is 101 Å². The van der Waals surface area contributed by atoms with Gasteiger partial charge in [-0.1, -0.05) is 18.2 Å². The predicted molar refractivity (Wildman–Crippen MR) is 92.3 cm³/mol. The van der Waals surface area contributed by atoms with E-state index in [0.717, 1.165) is 11.3 Å². The summed E-state index contributed by atoms with van der Waals surface area (Å²) in [5, 5.41) is 3.77. The number of anilines is 1. The standard InChI is InChI=1S/C15H17F2N3O3S2/c16-15(17,9-18)10-19-13(21)8-11-3-5-12(6-4-11)20-25(22,23)14-2-1-7-24-14/h1-7,20H,8-10,18H2,(H,19,21). The smallest absolute Gasteiger partial charge is 0.277 e. The van der Waals surface area contributed by atoms with E-state index in [9.17, 15) is 22.0 Å².